The van der Waals surface area contributed by atoms with Gasteiger partial charge in [0.25, 0.3) is 5.92 Å². The number of alkyl halides is 2. The molecule has 0 atom stereocenters. The molecule has 7 nitrogen and oxygen atoms in total. The minimum absolute atomic E-state index is 0.0247. The van der Waals surface area contributed by atoms with Crippen molar-refractivity contribution >= 4 is 35.1 Å². The molecule has 0 aliphatic carbocycles. The number of carbonyl (C=O) groups is 1. The Morgan fingerprint density at radius 1 is 1.22 bits per heavy atom. The molecular formula is C15H12Cl2F3N5O2. The Balaban J connectivity index is 2.01. The minimum atomic E-state index is -3.33. The first-order chi connectivity index (χ1) is 12.7. The highest BCUT2D eigenvalue weighted by atomic mass is 35.5. The van der Waals surface area contributed by atoms with Gasteiger partial charge in [0.2, 0.25) is 5.95 Å². The quantitative estimate of drug-likeness (QED) is 0.590. The number of aromatic nitrogens is 3. The monoisotopic (exact) mass is 421 g/mol. The zero-order valence-electron chi connectivity index (χ0n) is 13.5. The Labute approximate surface area is 161 Å². The molecule has 27 heavy (non-hydrogen) atoms. The summed E-state index contributed by atoms with van der Waals surface area (Å²) in [5.74, 6) is -4.22. The number of hydrogen-bond donors (Lipinski definition) is 1. The number of carboxylic acid groups (broad SMARTS) is 1. The van der Waals surface area contributed by atoms with Crippen LogP contribution in [0.5, 0.6) is 0 Å². The van der Waals surface area contributed by atoms with Crippen LogP contribution in [0.15, 0.2) is 18.3 Å². The molecule has 0 unspecified atom stereocenters. The third-order valence-corrected chi connectivity index (χ3v) is 4.55. The molecule has 1 aliphatic heterocycles. The maximum absolute atomic E-state index is 14.2. The van der Waals surface area contributed by atoms with Gasteiger partial charge in [0.05, 0.1) is 13.1 Å². The van der Waals surface area contributed by atoms with Gasteiger partial charge in [-0.2, -0.15) is 4.39 Å². The van der Waals surface area contributed by atoms with E-state index < -0.39 is 31.1 Å². The SMILES string of the molecule is O=C(O)N1CCN(c2nc(-c3ccnc(F)c3)nc(Cl)c2Cl)CC(F)(F)C1. The molecule has 2 aromatic heterocycles. The number of halogens is 5. The second-order valence-corrected chi connectivity index (χ2v) is 6.56. The number of hydrogen-bond acceptors (Lipinski definition) is 5. The van der Waals surface area contributed by atoms with Gasteiger partial charge in [0.1, 0.15) is 5.02 Å². The van der Waals surface area contributed by atoms with Crippen LogP contribution in [0.1, 0.15) is 0 Å². The Kier molecular flexibility index (Phi) is 5.29. The summed E-state index contributed by atoms with van der Waals surface area (Å²) in [4.78, 5) is 24.4. The van der Waals surface area contributed by atoms with E-state index in [0.717, 1.165) is 11.0 Å². The molecule has 12 heteroatoms. The summed E-state index contributed by atoms with van der Waals surface area (Å²) in [6, 6.07) is 2.49. The van der Waals surface area contributed by atoms with Crippen LogP contribution in [0.4, 0.5) is 23.8 Å². The summed E-state index contributed by atoms with van der Waals surface area (Å²) < 4.78 is 41.8. The predicted molar refractivity (Wildman–Crippen MR) is 92.0 cm³/mol. The van der Waals surface area contributed by atoms with Crippen LogP contribution in [0.25, 0.3) is 11.4 Å². The summed E-state index contributed by atoms with van der Waals surface area (Å²) in [5.41, 5.74) is 0.232. The van der Waals surface area contributed by atoms with E-state index in [4.69, 9.17) is 28.3 Å². The van der Waals surface area contributed by atoms with Gasteiger partial charge in [-0.25, -0.2) is 28.5 Å². The fourth-order valence-corrected chi connectivity index (χ4v) is 3.01. The molecule has 0 spiro atoms. The standard InChI is InChI=1S/C15H12Cl2F3N5O2/c16-10-11(17)22-12(8-1-2-21-9(18)5-8)23-13(10)24-3-4-25(14(26)27)7-15(19,20)6-24/h1-2,5H,3-4,6-7H2,(H,26,27). The number of nitrogens with zero attached hydrogens (tertiary/aromatic N) is 5. The molecule has 3 rings (SSSR count). The normalized spacial score (nSPS) is 16.9. The Morgan fingerprint density at radius 3 is 2.63 bits per heavy atom. The lowest BCUT2D eigenvalue weighted by molar-refractivity contribution is -0.0117. The van der Waals surface area contributed by atoms with Crippen LogP contribution in [0, 0.1) is 5.95 Å². The van der Waals surface area contributed by atoms with Crippen molar-refractivity contribution in [2.24, 2.45) is 0 Å². The van der Waals surface area contributed by atoms with Gasteiger partial charge >= 0.3 is 6.09 Å². The maximum Gasteiger partial charge on any atom is 0.407 e. The van der Waals surface area contributed by atoms with Crippen molar-refractivity contribution in [3.8, 4) is 11.4 Å². The molecule has 144 valence electrons. The van der Waals surface area contributed by atoms with Gasteiger partial charge in [-0.15, -0.1) is 0 Å². The lowest BCUT2D eigenvalue weighted by atomic mass is 10.2. The van der Waals surface area contributed by atoms with E-state index in [1.165, 1.54) is 12.3 Å². The fourth-order valence-electron chi connectivity index (χ4n) is 2.64. The highest BCUT2D eigenvalue weighted by Crippen LogP contribution is 2.34. The van der Waals surface area contributed by atoms with Crippen molar-refractivity contribution in [1.29, 1.82) is 0 Å². The van der Waals surface area contributed by atoms with Gasteiger partial charge in [-0.05, 0) is 6.07 Å². The van der Waals surface area contributed by atoms with E-state index in [9.17, 15) is 18.0 Å². The molecule has 1 aliphatic rings. The van der Waals surface area contributed by atoms with Crippen molar-refractivity contribution in [2.45, 2.75) is 5.92 Å². The van der Waals surface area contributed by atoms with E-state index >= 15 is 0 Å². The molecule has 0 aromatic carbocycles. The Morgan fingerprint density at radius 2 is 1.96 bits per heavy atom. The minimum Gasteiger partial charge on any atom is -0.465 e. The third kappa shape index (κ3) is 4.33. The first-order valence-electron chi connectivity index (χ1n) is 7.62. The van der Waals surface area contributed by atoms with Crippen LogP contribution >= 0.6 is 23.2 Å². The van der Waals surface area contributed by atoms with E-state index in [1.54, 1.807) is 0 Å². The zero-order chi connectivity index (χ0) is 19.8. The molecule has 2 aromatic rings. The molecule has 0 saturated carbocycles. The van der Waals surface area contributed by atoms with Crippen LogP contribution in [0.2, 0.25) is 10.2 Å². The van der Waals surface area contributed by atoms with E-state index in [2.05, 4.69) is 15.0 Å². The fraction of sp³-hybridized carbons (Fsp3) is 0.333. The molecule has 1 amide bonds. The van der Waals surface area contributed by atoms with Crippen molar-refractivity contribution < 1.29 is 23.1 Å². The lowest BCUT2D eigenvalue weighted by Gasteiger charge is -2.25. The zero-order valence-corrected chi connectivity index (χ0v) is 15.1. The Hall–Kier alpha value is -2.33. The van der Waals surface area contributed by atoms with Gasteiger partial charge in [-0.3, -0.25) is 0 Å². The molecule has 3 heterocycles. The second kappa shape index (κ2) is 7.35. The predicted octanol–water partition coefficient (Wildman–Crippen LogP) is 3.42. The highest BCUT2D eigenvalue weighted by Gasteiger charge is 2.40. The molecule has 0 bridgehead atoms. The van der Waals surface area contributed by atoms with Crippen LogP contribution < -0.4 is 4.90 Å². The van der Waals surface area contributed by atoms with Crippen LogP contribution in [-0.2, 0) is 0 Å². The number of anilines is 1. The first kappa shape index (κ1) is 19.4. The number of amides is 1. The molecule has 1 N–H and O–H groups in total. The summed E-state index contributed by atoms with van der Waals surface area (Å²) in [5, 5.41) is 8.67. The van der Waals surface area contributed by atoms with Crippen molar-refractivity contribution in [2.75, 3.05) is 31.1 Å². The topological polar surface area (TPSA) is 82.5 Å². The van der Waals surface area contributed by atoms with E-state index in [0.29, 0.717) is 4.90 Å². The average molecular weight is 422 g/mol. The summed E-state index contributed by atoms with van der Waals surface area (Å²) in [6.07, 6.45) is -0.252. The highest BCUT2D eigenvalue weighted by molar-refractivity contribution is 6.42. The second-order valence-electron chi connectivity index (χ2n) is 5.82. The van der Waals surface area contributed by atoms with E-state index in [1.807, 2.05) is 0 Å². The summed E-state index contributed by atoms with van der Waals surface area (Å²) in [6.45, 7) is -2.02. The third-order valence-electron chi connectivity index (χ3n) is 3.83. The molecular weight excluding hydrogens is 410 g/mol. The maximum atomic E-state index is 14.2. The number of pyridine rings is 1. The smallest absolute Gasteiger partial charge is 0.407 e. The average Bonchev–Trinajstić information content (AvgIpc) is 2.75. The van der Waals surface area contributed by atoms with Crippen molar-refractivity contribution in [1.82, 2.24) is 19.9 Å². The summed E-state index contributed by atoms with van der Waals surface area (Å²) >= 11 is 12.1. The first-order valence-corrected chi connectivity index (χ1v) is 8.37. The largest absolute Gasteiger partial charge is 0.465 e. The Bertz CT molecular complexity index is 887. The lowest BCUT2D eigenvalue weighted by Crippen LogP contribution is -2.41. The van der Waals surface area contributed by atoms with Crippen LogP contribution in [0.3, 0.4) is 0 Å². The van der Waals surface area contributed by atoms with Crippen molar-refractivity contribution in [3.63, 3.8) is 0 Å². The van der Waals surface area contributed by atoms with Crippen LogP contribution in [-0.4, -0.2) is 63.2 Å². The summed E-state index contributed by atoms with van der Waals surface area (Å²) in [7, 11) is 0. The van der Waals surface area contributed by atoms with Gasteiger partial charge < -0.3 is 14.9 Å². The van der Waals surface area contributed by atoms with Gasteiger partial charge in [0, 0.05) is 30.9 Å². The molecule has 1 fully saturated rings. The van der Waals surface area contributed by atoms with E-state index in [-0.39, 0.29) is 40.5 Å². The van der Waals surface area contributed by atoms with Crippen molar-refractivity contribution in [3.05, 3.63) is 34.5 Å². The van der Waals surface area contributed by atoms with Gasteiger partial charge in [0.15, 0.2) is 16.8 Å². The molecule has 0 radical (unpaired) electrons. The van der Waals surface area contributed by atoms with Gasteiger partial charge in [-0.1, -0.05) is 23.2 Å². The molecule has 1 saturated heterocycles. The number of rotatable bonds is 2.